The average molecular weight is 187 g/mol. The highest BCUT2D eigenvalue weighted by Crippen LogP contribution is 2.08. The fourth-order valence-corrected chi connectivity index (χ4v) is 1.00. The van der Waals surface area contributed by atoms with Crippen molar-refractivity contribution in [2.75, 3.05) is 0 Å². The molecule has 0 bridgehead atoms. The topological polar surface area (TPSA) is 12.4 Å². The van der Waals surface area contributed by atoms with Gasteiger partial charge in [0.1, 0.15) is 0 Å². The summed E-state index contributed by atoms with van der Waals surface area (Å²) >= 11 is 0. The first-order chi connectivity index (χ1) is 5.89. The van der Waals surface area contributed by atoms with Crippen molar-refractivity contribution in [3.8, 4) is 0 Å². The van der Waals surface area contributed by atoms with E-state index >= 15 is 0 Å². The van der Waals surface area contributed by atoms with Gasteiger partial charge in [-0.15, -0.1) is 0 Å². The standard InChI is InChI=1S/C7H13N.2C2H6.CH4/c1-7-5-3-2-4-6-8-7;2*1-2;/h6-7H,2-5H2,1H3;2*1-2H3;1H4. The molecule has 0 aromatic carbocycles. The molecule has 1 heterocycles. The number of nitrogens with zero attached hydrogens (tertiary/aromatic N) is 1. The van der Waals surface area contributed by atoms with Crippen molar-refractivity contribution in [1.29, 1.82) is 0 Å². The largest absolute Gasteiger partial charge is 0.295 e. The summed E-state index contributed by atoms with van der Waals surface area (Å²) in [6.07, 6.45) is 7.26. The fraction of sp³-hybridized carbons (Fsp3) is 0.917. The van der Waals surface area contributed by atoms with Crippen LogP contribution in [0, 0.1) is 0 Å². The van der Waals surface area contributed by atoms with E-state index in [-0.39, 0.29) is 7.43 Å². The van der Waals surface area contributed by atoms with Crippen LogP contribution in [0.2, 0.25) is 0 Å². The first kappa shape index (κ1) is 18.5. The summed E-state index contributed by atoms with van der Waals surface area (Å²) in [7, 11) is 0. The van der Waals surface area contributed by atoms with E-state index in [1.807, 2.05) is 27.7 Å². The van der Waals surface area contributed by atoms with Crippen molar-refractivity contribution in [2.24, 2.45) is 4.99 Å². The molecule has 0 fully saturated rings. The van der Waals surface area contributed by atoms with Crippen LogP contribution in [0.3, 0.4) is 0 Å². The van der Waals surface area contributed by atoms with Gasteiger partial charge in [0.25, 0.3) is 0 Å². The van der Waals surface area contributed by atoms with E-state index in [1.165, 1.54) is 25.7 Å². The lowest BCUT2D eigenvalue weighted by atomic mass is 10.1. The van der Waals surface area contributed by atoms with Crippen LogP contribution in [0.1, 0.15) is 67.7 Å². The minimum Gasteiger partial charge on any atom is -0.295 e. The monoisotopic (exact) mass is 187 g/mol. The summed E-state index contributed by atoms with van der Waals surface area (Å²) in [6.45, 7) is 10.2. The normalized spacial score (nSPS) is 19.3. The van der Waals surface area contributed by atoms with Crippen LogP contribution in [0.4, 0.5) is 0 Å². The average Bonchev–Trinajstić information content (AvgIpc) is 2.40. The molecular weight excluding hydrogens is 158 g/mol. The van der Waals surface area contributed by atoms with Crippen LogP contribution in [0.5, 0.6) is 0 Å². The van der Waals surface area contributed by atoms with Crippen molar-refractivity contribution in [3.05, 3.63) is 0 Å². The molecule has 1 aliphatic heterocycles. The van der Waals surface area contributed by atoms with Gasteiger partial charge in [-0.3, -0.25) is 4.99 Å². The molecule has 0 radical (unpaired) electrons. The summed E-state index contributed by atoms with van der Waals surface area (Å²) in [5.41, 5.74) is 0. The number of hydrogen-bond acceptors (Lipinski definition) is 1. The van der Waals surface area contributed by atoms with Gasteiger partial charge >= 0.3 is 0 Å². The maximum atomic E-state index is 4.30. The Morgan fingerprint density at radius 1 is 1.08 bits per heavy atom. The highest BCUT2D eigenvalue weighted by Gasteiger charge is 1.99. The maximum Gasteiger partial charge on any atom is 0.0467 e. The summed E-state index contributed by atoms with van der Waals surface area (Å²) < 4.78 is 0. The number of aliphatic imine (C=N–C) groups is 1. The molecule has 0 aliphatic carbocycles. The third-order valence-electron chi connectivity index (χ3n) is 1.57. The quantitative estimate of drug-likeness (QED) is 0.521. The van der Waals surface area contributed by atoms with Gasteiger partial charge in [-0.25, -0.2) is 0 Å². The zero-order valence-corrected chi connectivity index (χ0v) is 9.43. The molecule has 1 atom stereocenters. The molecule has 1 heteroatoms. The van der Waals surface area contributed by atoms with Crippen LogP contribution in [0.15, 0.2) is 4.99 Å². The van der Waals surface area contributed by atoms with Crippen molar-refractivity contribution in [1.82, 2.24) is 0 Å². The predicted octanol–water partition coefficient (Wildman–Crippen LogP) is 4.71. The predicted molar refractivity (Wildman–Crippen MR) is 65.8 cm³/mol. The Hall–Kier alpha value is -0.330. The molecule has 1 aliphatic rings. The molecular formula is C12H29N. The first-order valence-corrected chi connectivity index (χ1v) is 5.41. The van der Waals surface area contributed by atoms with Gasteiger partial charge in [0.2, 0.25) is 0 Å². The SMILES string of the molecule is C.CC.CC.CC1CCCCC=N1. The van der Waals surface area contributed by atoms with E-state index in [1.54, 1.807) is 0 Å². The number of hydrogen-bond donors (Lipinski definition) is 0. The van der Waals surface area contributed by atoms with E-state index in [9.17, 15) is 0 Å². The molecule has 1 nitrogen and oxygen atoms in total. The van der Waals surface area contributed by atoms with E-state index in [4.69, 9.17) is 0 Å². The minimum atomic E-state index is 0. The van der Waals surface area contributed by atoms with E-state index in [0.29, 0.717) is 6.04 Å². The van der Waals surface area contributed by atoms with E-state index in [0.717, 1.165) is 0 Å². The van der Waals surface area contributed by atoms with E-state index in [2.05, 4.69) is 18.1 Å². The van der Waals surface area contributed by atoms with E-state index < -0.39 is 0 Å². The van der Waals surface area contributed by atoms with Crippen molar-refractivity contribution < 1.29 is 0 Å². The number of rotatable bonds is 0. The van der Waals surface area contributed by atoms with Crippen LogP contribution in [-0.2, 0) is 0 Å². The Bertz CT molecular complexity index is 87.1. The van der Waals surface area contributed by atoms with Gasteiger partial charge in [0.15, 0.2) is 0 Å². The molecule has 1 rings (SSSR count). The Labute approximate surface area is 85.7 Å². The lowest BCUT2D eigenvalue weighted by molar-refractivity contribution is 0.630. The molecule has 0 aromatic rings. The van der Waals surface area contributed by atoms with Gasteiger partial charge < -0.3 is 0 Å². The highest BCUT2D eigenvalue weighted by molar-refractivity contribution is 5.57. The van der Waals surface area contributed by atoms with Crippen molar-refractivity contribution in [2.45, 2.75) is 73.8 Å². The van der Waals surface area contributed by atoms with Gasteiger partial charge in [0, 0.05) is 6.04 Å². The molecule has 0 aromatic heterocycles. The van der Waals surface area contributed by atoms with Crippen LogP contribution in [-0.4, -0.2) is 12.3 Å². The third-order valence-corrected chi connectivity index (χ3v) is 1.57. The Kier molecular flexibility index (Phi) is 25.1. The van der Waals surface area contributed by atoms with Gasteiger partial charge in [-0.2, -0.15) is 0 Å². The summed E-state index contributed by atoms with van der Waals surface area (Å²) in [5.74, 6) is 0. The van der Waals surface area contributed by atoms with Gasteiger partial charge in [-0.1, -0.05) is 41.5 Å². The summed E-state index contributed by atoms with van der Waals surface area (Å²) in [5, 5.41) is 0. The summed E-state index contributed by atoms with van der Waals surface area (Å²) in [6, 6.07) is 0.595. The van der Waals surface area contributed by atoms with Crippen molar-refractivity contribution >= 4 is 6.21 Å². The highest BCUT2D eigenvalue weighted by atomic mass is 14.8. The molecule has 0 N–H and O–H groups in total. The molecule has 0 amide bonds. The Balaban J connectivity index is -0.000000178. The first-order valence-electron chi connectivity index (χ1n) is 5.41. The lowest BCUT2D eigenvalue weighted by Gasteiger charge is -1.98. The molecule has 0 saturated heterocycles. The third kappa shape index (κ3) is 14.5. The summed E-state index contributed by atoms with van der Waals surface area (Å²) in [4.78, 5) is 4.30. The zero-order valence-electron chi connectivity index (χ0n) is 9.43. The molecule has 1 unspecified atom stereocenters. The Morgan fingerprint density at radius 3 is 2.15 bits per heavy atom. The smallest absolute Gasteiger partial charge is 0.0467 e. The van der Waals surface area contributed by atoms with Gasteiger partial charge in [-0.05, 0) is 32.4 Å². The molecule has 0 spiro atoms. The second-order valence-electron chi connectivity index (χ2n) is 2.47. The lowest BCUT2D eigenvalue weighted by Crippen LogP contribution is -1.93. The van der Waals surface area contributed by atoms with Crippen LogP contribution < -0.4 is 0 Å². The minimum absolute atomic E-state index is 0. The van der Waals surface area contributed by atoms with Gasteiger partial charge in [0.05, 0.1) is 0 Å². The zero-order chi connectivity index (χ0) is 9.82. The second kappa shape index (κ2) is 17.7. The molecule has 13 heavy (non-hydrogen) atoms. The van der Waals surface area contributed by atoms with Crippen LogP contribution in [0.25, 0.3) is 0 Å². The van der Waals surface area contributed by atoms with Crippen LogP contribution >= 0.6 is 0 Å². The maximum absolute atomic E-state index is 4.30. The second-order valence-corrected chi connectivity index (χ2v) is 2.47. The fourth-order valence-electron chi connectivity index (χ4n) is 1.00. The molecule has 82 valence electrons. The van der Waals surface area contributed by atoms with Crippen molar-refractivity contribution in [3.63, 3.8) is 0 Å². The molecule has 0 saturated carbocycles. The Morgan fingerprint density at radius 2 is 1.62 bits per heavy atom.